The van der Waals surface area contributed by atoms with Gasteiger partial charge in [-0.15, -0.1) is 0 Å². The van der Waals surface area contributed by atoms with E-state index in [2.05, 4.69) is 12.2 Å². The number of hydrogen-bond acceptors (Lipinski definition) is 1. The lowest BCUT2D eigenvalue weighted by Gasteiger charge is -2.27. The van der Waals surface area contributed by atoms with Gasteiger partial charge in [0.25, 0.3) is 0 Å². The van der Waals surface area contributed by atoms with Crippen molar-refractivity contribution in [2.24, 2.45) is 11.8 Å². The van der Waals surface area contributed by atoms with E-state index in [-0.39, 0.29) is 5.82 Å². The van der Waals surface area contributed by atoms with Crippen molar-refractivity contribution in [3.63, 3.8) is 0 Å². The zero-order valence-electron chi connectivity index (χ0n) is 10.3. The van der Waals surface area contributed by atoms with Crippen molar-refractivity contribution in [2.45, 2.75) is 44.7 Å². The van der Waals surface area contributed by atoms with Crippen LogP contribution in [0.3, 0.4) is 0 Å². The molecule has 2 aliphatic rings. The Morgan fingerprint density at radius 1 is 1.18 bits per heavy atom. The highest BCUT2D eigenvalue weighted by atomic mass is 19.1. The number of halogens is 1. The summed E-state index contributed by atoms with van der Waals surface area (Å²) in [5, 5.41) is 3.72. The molecule has 2 fully saturated rings. The summed E-state index contributed by atoms with van der Waals surface area (Å²) in [6, 6.07) is 7.90. The number of rotatable bonds is 3. The highest BCUT2D eigenvalue weighted by Crippen LogP contribution is 2.45. The van der Waals surface area contributed by atoms with Crippen molar-refractivity contribution >= 4 is 0 Å². The molecule has 0 aromatic heterocycles. The number of nitrogens with one attached hydrogen (secondary N) is 1. The van der Waals surface area contributed by atoms with Gasteiger partial charge in [-0.1, -0.05) is 18.6 Å². The molecule has 0 heterocycles. The zero-order valence-corrected chi connectivity index (χ0v) is 10.3. The van der Waals surface area contributed by atoms with Crippen LogP contribution in [0, 0.1) is 17.7 Å². The molecule has 2 saturated carbocycles. The summed E-state index contributed by atoms with van der Waals surface area (Å²) in [6.45, 7) is 2.18. The third-order valence-electron chi connectivity index (χ3n) is 4.57. The maximum absolute atomic E-state index is 12.9. The largest absolute Gasteiger partial charge is 0.307 e. The lowest BCUT2D eigenvalue weighted by atomic mass is 9.94. The molecule has 0 amide bonds. The summed E-state index contributed by atoms with van der Waals surface area (Å²) in [4.78, 5) is 0. The monoisotopic (exact) mass is 233 g/mol. The average molecular weight is 233 g/mol. The van der Waals surface area contributed by atoms with Gasteiger partial charge in [0, 0.05) is 12.1 Å². The minimum absolute atomic E-state index is 0.152. The minimum atomic E-state index is -0.152. The lowest BCUT2D eigenvalue weighted by molar-refractivity contribution is 0.327. The van der Waals surface area contributed by atoms with Gasteiger partial charge in [-0.3, -0.25) is 0 Å². The normalized spacial score (nSPS) is 32.9. The molecule has 92 valence electrons. The van der Waals surface area contributed by atoms with Gasteiger partial charge < -0.3 is 5.32 Å². The molecular formula is C15H20FN. The summed E-state index contributed by atoms with van der Waals surface area (Å²) >= 11 is 0. The standard InChI is InChI=1S/C15H20FN/c1-10(12-4-6-14(16)7-5-12)17-15-9-11-2-3-13(15)8-11/h4-7,10-11,13,15,17H,2-3,8-9H2,1H3. The Morgan fingerprint density at radius 2 is 1.94 bits per heavy atom. The van der Waals surface area contributed by atoms with Gasteiger partial charge in [-0.05, 0) is 55.7 Å². The van der Waals surface area contributed by atoms with E-state index >= 15 is 0 Å². The predicted octanol–water partition coefficient (Wildman–Crippen LogP) is 3.66. The fraction of sp³-hybridized carbons (Fsp3) is 0.600. The first-order valence-corrected chi connectivity index (χ1v) is 6.74. The van der Waals surface area contributed by atoms with Gasteiger partial charge in [0.2, 0.25) is 0 Å². The first-order chi connectivity index (χ1) is 8.22. The van der Waals surface area contributed by atoms with Crippen molar-refractivity contribution in [2.75, 3.05) is 0 Å². The van der Waals surface area contributed by atoms with Gasteiger partial charge in [0.15, 0.2) is 0 Å². The van der Waals surface area contributed by atoms with Crippen LogP contribution in [0.15, 0.2) is 24.3 Å². The van der Waals surface area contributed by atoms with Crippen LogP contribution in [0.1, 0.15) is 44.2 Å². The molecule has 0 aliphatic heterocycles. The lowest BCUT2D eigenvalue weighted by Crippen LogP contribution is -2.35. The van der Waals surface area contributed by atoms with Gasteiger partial charge in [0.05, 0.1) is 0 Å². The molecule has 1 aromatic rings. The number of hydrogen-bond donors (Lipinski definition) is 1. The smallest absolute Gasteiger partial charge is 0.123 e. The van der Waals surface area contributed by atoms with E-state index in [1.807, 2.05) is 12.1 Å². The van der Waals surface area contributed by atoms with Crippen LogP contribution in [-0.2, 0) is 0 Å². The number of fused-ring (bicyclic) bond motifs is 2. The highest BCUT2D eigenvalue weighted by Gasteiger charge is 2.39. The van der Waals surface area contributed by atoms with E-state index in [4.69, 9.17) is 0 Å². The van der Waals surface area contributed by atoms with E-state index in [0.717, 1.165) is 11.8 Å². The van der Waals surface area contributed by atoms with Crippen molar-refractivity contribution in [3.05, 3.63) is 35.6 Å². The van der Waals surface area contributed by atoms with Crippen molar-refractivity contribution in [1.29, 1.82) is 0 Å². The fourth-order valence-corrected chi connectivity index (χ4v) is 3.62. The van der Waals surface area contributed by atoms with Crippen LogP contribution < -0.4 is 5.32 Å². The highest BCUT2D eigenvalue weighted by molar-refractivity contribution is 5.19. The topological polar surface area (TPSA) is 12.0 Å². The zero-order chi connectivity index (χ0) is 11.8. The Bertz CT molecular complexity index is 386. The Hall–Kier alpha value is -0.890. The van der Waals surface area contributed by atoms with Crippen LogP contribution in [-0.4, -0.2) is 6.04 Å². The van der Waals surface area contributed by atoms with Gasteiger partial charge in [-0.2, -0.15) is 0 Å². The Labute approximate surface area is 102 Å². The van der Waals surface area contributed by atoms with E-state index in [1.54, 1.807) is 12.1 Å². The van der Waals surface area contributed by atoms with Crippen molar-refractivity contribution in [3.8, 4) is 0 Å². The molecule has 17 heavy (non-hydrogen) atoms. The maximum atomic E-state index is 12.9. The summed E-state index contributed by atoms with van der Waals surface area (Å²) in [5.41, 5.74) is 1.19. The maximum Gasteiger partial charge on any atom is 0.123 e. The second kappa shape index (κ2) is 4.41. The fourth-order valence-electron chi connectivity index (χ4n) is 3.62. The second-order valence-corrected chi connectivity index (χ2v) is 5.72. The molecule has 3 rings (SSSR count). The average Bonchev–Trinajstić information content (AvgIpc) is 2.91. The second-order valence-electron chi connectivity index (χ2n) is 5.72. The molecule has 0 spiro atoms. The molecule has 2 aliphatic carbocycles. The molecular weight excluding hydrogens is 213 g/mol. The van der Waals surface area contributed by atoms with Crippen LogP contribution in [0.4, 0.5) is 4.39 Å². The molecule has 1 N–H and O–H groups in total. The van der Waals surface area contributed by atoms with E-state index < -0.39 is 0 Å². The van der Waals surface area contributed by atoms with Gasteiger partial charge in [0.1, 0.15) is 5.82 Å². The Kier molecular flexibility index (Phi) is 2.91. The molecule has 0 saturated heterocycles. The van der Waals surface area contributed by atoms with E-state index in [9.17, 15) is 4.39 Å². The first-order valence-electron chi connectivity index (χ1n) is 6.74. The first kappa shape index (κ1) is 11.2. The summed E-state index contributed by atoms with van der Waals surface area (Å²) in [7, 11) is 0. The van der Waals surface area contributed by atoms with Crippen LogP contribution in [0.2, 0.25) is 0 Å². The minimum Gasteiger partial charge on any atom is -0.307 e. The molecule has 0 radical (unpaired) electrons. The van der Waals surface area contributed by atoms with Crippen molar-refractivity contribution in [1.82, 2.24) is 5.32 Å². The van der Waals surface area contributed by atoms with Crippen molar-refractivity contribution < 1.29 is 4.39 Å². The van der Waals surface area contributed by atoms with Crippen LogP contribution in [0.25, 0.3) is 0 Å². The van der Waals surface area contributed by atoms with Crippen LogP contribution in [0.5, 0.6) is 0 Å². The summed E-state index contributed by atoms with van der Waals surface area (Å²) < 4.78 is 12.9. The predicted molar refractivity (Wildman–Crippen MR) is 67.2 cm³/mol. The molecule has 4 unspecified atom stereocenters. The van der Waals surface area contributed by atoms with Crippen LogP contribution >= 0.6 is 0 Å². The molecule has 1 aromatic carbocycles. The third-order valence-corrected chi connectivity index (χ3v) is 4.57. The molecule has 4 atom stereocenters. The SMILES string of the molecule is CC(NC1CC2CCC1C2)c1ccc(F)cc1. The van der Waals surface area contributed by atoms with Gasteiger partial charge >= 0.3 is 0 Å². The number of benzene rings is 1. The van der Waals surface area contributed by atoms with Gasteiger partial charge in [-0.25, -0.2) is 4.39 Å². The summed E-state index contributed by atoms with van der Waals surface area (Å²) in [6.07, 6.45) is 5.61. The Morgan fingerprint density at radius 3 is 2.53 bits per heavy atom. The van der Waals surface area contributed by atoms with E-state index in [1.165, 1.54) is 31.2 Å². The third kappa shape index (κ3) is 2.23. The summed E-state index contributed by atoms with van der Waals surface area (Å²) in [5.74, 6) is 1.71. The molecule has 2 bridgehead atoms. The Balaban J connectivity index is 1.63. The quantitative estimate of drug-likeness (QED) is 0.840. The molecule has 1 nitrogen and oxygen atoms in total. The van der Waals surface area contributed by atoms with E-state index in [0.29, 0.717) is 12.1 Å². The molecule has 2 heteroatoms.